The maximum atomic E-state index is 13.6. The third-order valence-corrected chi connectivity index (χ3v) is 3.81. The van der Waals surface area contributed by atoms with Gasteiger partial charge in [-0.15, -0.1) is 0 Å². The average molecular weight is 361 g/mol. The fourth-order valence-electron chi connectivity index (χ4n) is 2.47. The summed E-state index contributed by atoms with van der Waals surface area (Å²) in [4.78, 5) is 20.4. The van der Waals surface area contributed by atoms with Crippen molar-refractivity contribution < 1.29 is 9.18 Å². The molecule has 0 aliphatic rings. The first-order valence-corrected chi connectivity index (χ1v) is 8.26. The molecule has 27 heavy (non-hydrogen) atoms. The van der Waals surface area contributed by atoms with Crippen LogP contribution in [0.3, 0.4) is 0 Å². The molecule has 1 heterocycles. The van der Waals surface area contributed by atoms with Crippen molar-refractivity contribution in [1.82, 2.24) is 9.97 Å². The van der Waals surface area contributed by atoms with Gasteiger partial charge in [-0.1, -0.05) is 24.3 Å². The monoisotopic (exact) mass is 361 g/mol. The van der Waals surface area contributed by atoms with Gasteiger partial charge in [-0.05, 0) is 36.2 Å². The van der Waals surface area contributed by atoms with Crippen LogP contribution >= 0.6 is 0 Å². The van der Waals surface area contributed by atoms with Crippen molar-refractivity contribution in [3.05, 3.63) is 83.6 Å². The zero-order valence-electron chi connectivity index (χ0n) is 14.3. The lowest BCUT2D eigenvalue weighted by molar-refractivity contribution is 0.102. The second-order valence-corrected chi connectivity index (χ2v) is 5.70. The minimum absolute atomic E-state index is 0.181. The van der Waals surface area contributed by atoms with Crippen molar-refractivity contribution in [3.63, 3.8) is 0 Å². The summed E-state index contributed by atoms with van der Waals surface area (Å²) < 4.78 is 13.6. The number of anilines is 2. The quantitative estimate of drug-likeness (QED) is 0.702. The Morgan fingerprint density at radius 2 is 1.96 bits per heavy atom. The average Bonchev–Trinajstić information content (AvgIpc) is 2.70. The number of halogens is 1. The molecular weight excluding hydrogens is 345 g/mol. The van der Waals surface area contributed by atoms with E-state index in [1.165, 1.54) is 18.5 Å². The van der Waals surface area contributed by atoms with Crippen molar-refractivity contribution in [2.45, 2.75) is 6.42 Å². The molecule has 0 saturated heterocycles. The highest BCUT2D eigenvalue weighted by Gasteiger charge is 2.10. The Kier molecular flexibility index (Phi) is 5.70. The molecular formula is C20H16FN5O. The van der Waals surface area contributed by atoms with Gasteiger partial charge in [0.15, 0.2) is 0 Å². The van der Waals surface area contributed by atoms with Crippen molar-refractivity contribution in [1.29, 1.82) is 5.26 Å². The van der Waals surface area contributed by atoms with Gasteiger partial charge in [0.05, 0.1) is 11.6 Å². The van der Waals surface area contributed by atoms with E-state index in [-0.39, 0.29) is 11.5 Å². The number of rotatable bonds is 6. The molecule has 0 atom stereocenters. The summed E-state index contributed by atoms with van der Waals surface area (Å²) in [6.07, 6.45) is 1.77. The first-order valence-electron chi connectivity index (χ1n) is 8.26. The first-order chi connectivity index (χ1) is 13.2. The van der Waals surface area contributed by atoms with Gasteiger partial charge in [-0.3, -0.25) is 4.79 Å². The van der Waals surface area contributed by atoms with E-state index >= 15 is 0 Å². The Bertz CT molecular complexity index is 999. The van der Waals surface area contributed by atoms with Crippen molar-refractivity contribution in [2.75, 3.05) is 17.2 Å². The number of hydrogen-bond donors (Lipinski definition) is 2. The van der Waals surface area contributed by atoms with Crippen LogP contribution in [0.2, 0.25) is 0 Å². The van der Waals surface area contributed by atoms with Gasteiger partial charge in [0.1, 0.15) is 23.7 Å². The third-order valence-electron chi connectivity index (χ3n) is 3.81. The predicted octanol–water partition coefficient (Wildman–Crippen LogP) is 3.39. The van der Waals surface area contributed by atoms with E-state index in [2.05, 4.69) is 20.6 Å². The fraction of sp³-hybridized carbons (Fsp3) is 0.100. The number of aromatic nitrogens is 2. The summed E-state index contributed by atoms with van der Waals surface area (Å²) in [6.45, 7) is 0.462. The summed E-state index contributed by atoms with van der Waals surface area (Å²) >= 11 is 0. The highest BCUT2D eigenvalue weighted by atomic mass is 19.1. The normalized spacial score (nSPS) is 10.1. The molecule has 7 heteroatoms. The summed E-state index contributed by atoms with van der Waals surface area (Å²) in [7, 11) is 0. The van der Waals surface area contributed by atoms with Crippen LogP contribution in [0.5, 0.6) is 0 Å². The van der Waals surface area contributed by atoms with Gasteiger partial charge in [-0.25, -0.2) is 14.4 Å². The van der Waals surface area contributed by atoms with Gasteiger partial charge in [0.25, 0.3) is 5.91 Å². The lowest BCUT2D eigenvalue weighted by Gasteiger charge is -2.08. The zero-order chi connectivity index (χ0) is 19.1. The Hall–Kier alpha value is -3.79. The second kappa shape index (κ2) is 8.54. The standard InChI is InChI=1S/C20H16FN5O/c21-17-7-2-1-5-15(17)8-9-23-19-11-18(24-13-25-19)20(27)26-16-6-3-4-14(10-16)12-22/h1-7,10-11,13H,8-9H2,(H,26,27)(H,23,24,25). The molecule has 0 bridgehead atoms. The van der Waals surface area contributed by atoms with Crippen LogP contribution in [-0.4, -0.2) is 22.4 Å². The van der Waals surface area contributed by atoms with Crippen LogP contribution in [0.4, 0.5) is 15.9 Å². The molecule has 1 aromatic heterocycles. The maximum absolute atomic E-state index is 13.6. The van der Waals surface area contributed by atoms with E-state index in [4.69, 9.17) is 5.26 Å². The molecule has 0 fully saturated rings. The molecule has 2 aromatic carbocycles. The first kappa shape index (κ1) is 18.0. The highest BCUT2D eigenvalue weighted by Crippen LogP contribution is 2.13. The van der Waals surface area contributed by atoms with E-state index in [0.29, 0.717) is 35.6 Å². The number of carbonyl (C=O) groups is 1. The number of carbonyl (C=O) groups excluding carboxylic acids is 1. The van der Waals surface area contributed by atoms with Crippen LogP contribution < -0.4 is 10.6 Å². The van der Waals surface area contributed by atoms with E-state index < -0.39 is 5.91 Å². The predicted molar refractivity (Wildman–Crippen MR) is 99.7 cm³/mol. The smallest absolute Gasteiger partial charge is 0.274 e. The largest absolute Gasteiger partial charge is 0.370 e. The molecule has 0 aliphatic carbocycles. The number of nitriles is 1. The number of nitrogens with zero attached hydrogens (tertiary/aromatic N) is 3. The molecule has 134 valence electrons. The number of hydrogen-bond acceptors (Lipinski definition) is 5. The molecule has 3 aromatic rings. The summed E-state index contributed by atoms with van der Waals surface area (Å²) in [5, 5.41) is 14.7. The molecule has 6 nitrogen and oxygen atoms in total. The zero-order valence-corrected chi connectivity index (χ0v) is 14.3. The van der Waals surface area contributed by atoms with E-state index in [9.17, 15) is 9.18 Å². The number of amides is 1. The summed E-state index contributed by atoms with van der Waals surface area (Å²) in [6, 6.07) is 16.7. The Balaban J connectivity index is 1.62. The Morgan fingerprint density at radius 3 is 2.78 bits per heavy atom. The fourth-order valence-corrected chi connectivity index (χ4v) is 2.47. The molecule has 0 spiro atoms. The molecule has 3 rings (SSSR count). The van der Waals surface area contributed by atoms with Gasteiger partial charge in [0, 0.05) is 18.3 Å². The van der Waals surface area contributed by atoms with Gasteiger partial charge in [-0.2, -0.15) is 5.26 Å². The SMILES string of the molecule is N#Cc1cccc(NC(=O)c2cc(NCCc3ccccc3F)ncn2)c1. The summed E-state index contributed by atoms with van der Waals surface area (Å²) in [5.74, 6) is -0.191. The molecule has 2 N–H and O–H groups in total. The summed E-state index contributed by atoms with van der Waals surface area (Å²) in [5.41, 5.74) is 1.74. The minimum atomic E-state index is -0.412. The van der Waals surface area contributed by atoms with Crippen LogP contribution in [0.25, 0.3) is 0 Å². The Labute approximate surface area is 155 Å². The number of nitrogens with one attached hydrogen (secondary N) is 2. The third kappa shape index (κ3) is 4.86. The molecule has 0 radical (unpaired) electrons. The van der Waals surface area contributed by atoms with Crippen LogP contribution in [-0.2, 0) is 6.42 Å². The van der Waals surface area contributed by atoms with Crippen molar-refractivity contribution in [3.8, 4) is 6.07 Å². The van der Waals surface area contributed by atoms with Crippen LogP contribution in [0, 0.1) is 17.1 Å². The minimum Gasteiger partial charge on any atom is -0.370 e. The molecule has 0 saturated carbocycles. The van der Waals surface area contributed by atoms with Gasteiger partial charge >= 0.3 is 0 Å². The molecule has 0 aliphatic heterocycles. The second-order valence-electron chi connectivity index (χ2n) is 5.70. The van der Waals surface area contributed by atoms with Gasteiger partial charge < -0.3 is 10.6 Å². The highest BCUT2D eigenvalue weighted by molar-refractivity contribution is 6.03. The molecule has 1 amide bonds. The topological polar surface area (TPSA) is 90.7 Å². The van der Waals surface area contributed by atoms with E-state index in [1.54, 1.807) is 42.5 Å². The number of benzene rings is 2. The maximum Gasteiger partial charge on any atom is 0.274 e. The Morgan fingerprint density at radius 1 is 1.11 bits per heavy atom. The van der Waals surface area contributed by atoms with E-state index in [0.717, 1.165) is 0 Å². The van der Waals surface area contributed by atoms with E-state index in [1.807, 2.05) is 6.07 Å². The molecule has 0 unspecified atom stereocenters. The van der Waals surface area contributed by atoms with Gasteiger partial charge in [0.2, 0.25) is 0 Å². The van der Waals surface area contributed by atoms with Crippen molar-refractivity contribution in [2.24, 2.45) is 0 Å². The lowest BCUT2D eigenvalue weighted by atomic mass is 10.1. The lowest BCUT2D eigenvalue weighted by Crippen LogP contribution is -2.15. The van der Waals surface area contributed by atoms with Crippen molar-refractivity contribution >= 4 is 17.4 Å². The van der Waals surface area contributed by atoms with Crippen LogP contribution in [0.15, 0.2) is 60.9 Å². The van der Waals surface area contributed by atoms with Crippen LogP contribution in [0.1, 0.15) is 21.6 Å².